The fourth-order valence-corrected chi connectivity index (χ4v) is 2.43. The van der Waals surface area contributed by atoms with E-state index < -0.39 is 11.9 Å². The first-order chi connectivity index (χ1) is 9.25. The van der Waals surface area contributed by atoms with Crippen LogP contribution in [0.25, 0.3) is 0 Å². The number of fused-ring (bicyclic) bond motifs is 1. The lowest BCUT2D eigenvalue weighted by molar-refractivity contribution is 0.0618. The van der Waals surface area contributed by atoms with Gasteiger partial charge in [-0.05, 0) is 24.1 Å². The second-order valence-electron chi connectivity index (χ2n) is 4.72. The molecule has 2 unspecified atom stereocenters. The van der Waals surface area contributed by atoms with E-state index in [1.807, 2.05) is 24.3 Å². The summed E-state index contributed by atoms with van der Waals surface area (Å²) >= 11 is 0. The van der Waals surface area contributed by atoms with Crippen molar-refractivity contribution in [2.24, 2.45) is 5.92 Å². The van der Waals surface area contributed by atoms with Crippen LogP contribution < -0.4 is 4.74 Å². The minimum Gasteiger partial charge on any atom is -0.493 e. The summed E-state index contributed by atoms with van der Waals surface area (Å²) in [5.74, 6) is 0.224. The summed E-state index contributed by atoms with van der Waals surface area (Å²) in [6, 6.07) is 9.24. The Balaban J connectivity index is 1.83. The number of rotatable bonds is 2. The number of hydrogen-bond donors (Lipinski definition) is 1. The van der Waals surface area contributed by atoms with Gasteiger partial charge < -0.3 is 9.84 Å². The molecular formula is C15H14FNO2. The van der Waals surface area contributed by atoms with Crippen molar-refractivity contribution in [3.63, 3.8) is 0 Å². The Labute approximate surface area is 110 Å². The van der Waals surface area contributed by atoms with Gasteiger partial charge in [0.2, 0.25) is 0 Å². The Morgan fingerprint density at radius 1 is 1.32 bits per heavy atom. The molecule has 3 rings (SSSR count). The van der Waals surface area contributed by atoms with E-state index in [1.54, 1.807) is 0 Å². The zero-order valence-electron chi connectivity index (χ0n) is 10.3. The number of benzene rings is 1. The lowest BCUT2D eigenvalue weighted by Gasteiger charge is -2.29. The van der Waals surface area contributed by atoms with E-state index in [2.05, 4.69) is 4.98 Å². The number of aromatic nitrogens is 1. The van der Waals surface area contributed by atoms with Gasteiger partial charge in [-0.1, -0.05) is 18.2 Å². The smallest absolute Gasteiger partial charge is 0.147 e. The molecule has 1 aromatic heterocycles. The van der Waals surface area contributed by atoms with Crippen LogP contribution in [0.1, 0.15) is 17.2 Å². The van der Waals surface area contributed by atoms with Crippen LogP contribution in [-0.2, 0) is 6.42 Å². The number of aliphatic hydroxyl groups is 1. The first kappa shape index (κ1) is 12.1. The van der Waals surface area contributed by atoms with Gasteiger partial charge in [0.15, 0.2) is 0 Å². The molecule has 0 amide bonds. The quantitative estimate of drug-likeness (QED) is 0.901. The molecule has 0 aliphatic carbocycles. The standard InChI is InChI=1S/C15H14FNO2/c16-13-8-17-6-5-12(13)15(18)11-7-10-3-1-2-4-14(10)19-9-11/h1-6,8,11,15,18H,7,9H2. The molecule has 1 aliphatic rings. The summed E-state index contributed by atoms with van der Waals surface area (Å²) in [7, 11) is 0. The first-order valence-corrected chi connectivity index (χ1v) is 6.24. The molecule has 0 bridgehead atoms. The third kappa shape index (κ3) is 2.31. The van der Waals surface area contributed by atoms with E-state index >= 15 is 0 Å². The van der Waals surface area contributed by atoms with Gasteiger partial charge in [-0.2, -0.15) is 0 Å². The molecular weight excluding hydrogens is 245 g/mol. The van der Waals surface area contributed by atoms with Gasteiger partial charge in [-0.15, -0.1) is 0 Å². The number of halogens is 1. The predicted octanol–water partition coefficient (Wildman–Crippen LogP) is 2.51. The fraction of sp³-hybridized carbons (Fsp3) is 0.267. The summed E-state index contributed by atoms with van der Waals surface area (Å²) in [5.41, 5.74) is 1.33. The Morgan fingerprint density at radius 3 is 3.00 bits per heavy atom. The van der Waals surface area contributed by atoms with E-state index in [1.165, 1.54) is 12.3 Å². The van der Waals surface area contributed by atoms with E-state index in [0.29, 0.717) is 13.0 Å². The molecule has 1 aliphatic heterocycles. The van der Waals surface area contributed by atoms with Crippen molar-refractivity contribution in [2.45, 2.75) is 12.5 Å². The van der Waals surface area contributed by atoms with Crippen molar-refractivity contribution >= 4 is 0 Å². The Hall–Kier alpha value is -1.94. The molecule has 0 spiro atoms. The normalized spacial score (nSPS) is 19.4. The van der Waals surface area contributed by atoms with E-state index in [4.69, 9.17) is 4.74 Å². The molecule has 98 valence electrons. The first-order valence-electron chi connectivity index (χ1n) is 6.24. The number of hydrogen-bond acceptors (Lipinski definition) is 3. The number of para-hydroxylation sites is 1. The van der Waals surface area contributed by atoms with Gasteiger partial charge in [-0.25, -0.2) is 4.39 Å². The highest BCUT2D eigenvalue weighted by Crippen LogP contribution is 2.33. The van der Waals surface area contributed by atoms with Gasteiger partial charge in [-0.3, -0.25) is 4.98 Å². The van der Waals surface area contributed by atoms with Crippen LogP contribution in [0.3, 0.4) is 0 Å². The summed E-state index contributed by atoms with van der Waals surface area (Å²) in [5, 5.41) is 10.3. The molecule has 4 heteroatoms. The van der Waals surface area contributed by atoms with Crippen molar-refractivity contribution in [2.75, 3.05) is 6.61 Å². The summed E-state index contributed by atoms with van der Waals surface area (Å²) in [4.78, 5) is 3.69. The zero-order valence-corrected chi connectivity index (χ0v) is 10.3. The van der Waals surface area contributed by atoms with Crippen LogP contribution >= 0.6 is 0 Å². The minimum atomic E-state index is -0.878. The van der Waals surface area contributed by atoms with Crippen LogP contribution in [0.5, 0.6) is 5.75 Å². The third-order valence-electron chi connectivity index (χ3n) is 3.48. The second kappa shape index (κ2) is 4.97. The van der Waals surface area contributed by atoms with Gasteiger partial charge >= 0.3 is 0 Å². The topological polar surface area (TPSA) is 42.4 Å². The van der Waals surface area contributed by atoms with E-state index in [-0.39, 0.29) is 11.5 Å². The maximum Gasteiger partial charge on any atom is 0.147 e. The van der Waals surface area contributed by atoms with Crippen molar-refractivity contribution in [1.29, 1.82) is 0 Å². The van der Waals surface area contributed by atoms with Crippen molar-refractivity contribution in [3.05, 3.63) is 59.7 Å². The lowest BCUT2D eigenvalue weighted by atomic mass is 9.88. The van der Waals surface area contributed by atoms with Crippen LogP contribution in [0.15, 0.2) is 42.7 Å². The summed E-state index contributed by atoms with van der Waals surface area (Å²) in [6.45, 7) is 0.389. The largest absolute Gasteiger partial charge is 0.493 e. The monoisotopic (exact) mass is 259 g/mol. The van der Waals surface area contributed by atoms with Crippen LogP contribution in [0.2, 0.25) is 0 Å². The summed E-state index contributed by atoms with van der Waals surface area (Å²) < 4.78 is 19.2. The highest BCUT2D eigenvalue weighted by molar-refractivity contribution is 5.35. The molecule has 19 heavy (non-hydrogen) atoms. The molecule has 0 fully saturated rings. The average molecular weight is 259 g/mol. The number of ether oxygens (including phenoxy) is 1. The molecule has 1 N–H and O–H groups in total. The van der Waals surface area contributed by atoms with Gasteiger partial charge in [0.25, 0.3) is 0 Å². The molecule has 3 nitrogen and oxygen atoms in total. The van der Waals surface area contributed by atoms with Crippen molar-refractivity contribution < 1.29 is 14.2 Å². The minimum absolute atomic E-state index is 0.146. The van der Waals surface area contributed by atoms with Crippen LogP contribution in [0, 0.1) is 11.7 Å². The lowest BCUT2D eigenvalue weighted by Crippen LogP contribution is -2.27. The Kier molecular flexibility index (Phi) is 3.17. The van der Waals surface area contributed by atoms with Crippen molar-refractivity contribution in [3.8, 4) is 5.75 Å². The number of aliphatic hydroxyl groups excluding tert-OH is 1. The fourth-order valence-electron chi connectivity index (χ4n) is 2.43. The Bertz CT molecular complexity index is 588. The molecule has 2 atom stereocenters. The van der Waals surface area contributed by atoms with Gasteiger partial charge in [0, 0.05) is 17.7 Å². The maximum atomic E-state index is 13.6. The molecule has 0 saturated carbocycles. The van der Waals surface area contributed by atoms with E-state index in [0.717, 1.165) is 17.5 Å². The molecule has 0 saturated heterocycles. The van der Waals surface area contributed by atoms with Gasteiger partial charge in [0.05, 0.1) is 18.9 Å². The van der Waals surface area contributed by atoms with Crippen LogP contribution in [0.4, 0.5) is 4.39 Å². The second-order valence-corrected chi connectivity index (χ2v) is 4.72. The highest BCUT2D eigenvalue weighted by Gasteiger charge is 2.28. The van der Waals surface area contributed by atoms with Gasteiger partial charge in [0.1, 0.15) is 11.6 Å². The number of pyridine rings is 1. The third-order valence-corrected chi connectivity index (χ3v) is 3.48. The van der Waals surface area contributed by atoms with Crippen molar-refractivity contribution in [1.82, 2.24) is 4.98 Å². The molecule has 0 radical (unpaired) electrons. The number of nitrogens with zero attached hydrogens (tertiary/aromatic N) is 1. The van der Waals surface area contributed by atoms with Crippen LogP contribution in [-0.4, -0.2) is 16.7 Å². The average Bonchev–Trinajstić information content (AvgIpc) is 2.46. The molecule has 1 aromatic carbocycles. The molecule has 2 aromatic rings. The summed E-state index contributed by atoms with van der Waals surface area (Å²) in [6.07, 6.45) is 2.41. The SMILES string of the molecule is OC(c1ccncc1F)C1COc2ccccc2C1. The Morgan fingerprint density at radius 2 is 2.16 bits per heavy atom. The zero-order chi connectivity index (χ0) is 13.2. The predicted molar refractivity (Wildman–Crippen MR) is 68.3 cm³/mol. The maximum absolute atomic E-state index is 13.6. The van der Waals surface area contributed by atoms with E-state index in [9.17, 15) is 9.50 Å². The highest BCUT2D eigenvalue weighted by atomic mass is 19.1. The molecule has 2 heterocycles.